The SMILES string of the molecule is CNc1ccccc1C1=CC2=CC3=NC(=CC4=NC(=CC5=NC(=CC1=N2)C=C5)C=C4)C=C3. The van der Waals surface area contributed by atoms with Gasteiger partial charge in [-0.05, 0) is 72.9 Å². The van der Waals surface area contributed by atoms with Crippen molar-refractivity contribution in [2.24, 2.45) is 20.0 Å². The average Bonchev–Trinajstić information content (AvgIpc) is 3.59. The lowest BCUT2D eigenvalue weighted by molar-refractivity contribution is 1.41. The van der Waals surface area contributed by atoms with Gasteiger partial charge < -0.3 is 5.32 Å². The summed E-state index contributed by atoms with van der Waals surface area (Å²) in [6.07, 6.45) is 22.1. The number of benzene rings is 1. The topological polar surface area (TPSA) is 61.5 Å². The van der Waals surface area contributed by atoms with Crippen LogP contribution in [0.25, 0.3) is 5.57 Å². The number of nitrogens with zero attached hydrogens (tertiary/aromatic N) is 4. The summed E-state index contributed by atoms with van der Waals surface area (Å²) in [6, 6.07) is 8.25. The fourth-order valence-electron chi connectivity index (χ4n) is 4.05. The van der Waals surface area contributed by atoms with Gasteiger partial charge in [-0.2, -0.15) is 0 Å². The van der Waals surface area contributed by atoms with Gasteiger partial charge in [0.1, 0.15) is 0 Å². The predicted octanol–water partition coefficient (Wildman–Crippen LogP) is 5.15. The molecule has 0 fully saturated rings. The Morgan fingerprint density at radius 1 is 0.562 bits per heavy atom. The second-order valence-electron chi connectivity index (χ2n) is 7.74. The number of allylic oxidation sites excluding steroid dienone is 12. The molecule has 1 aromatic rings. The lowest BCUT2D eigenvalue weighted by Gasteiger charge is -2.10. The summed E-state index contributed by atoms with van der Waals surface area (Å²) in [5, 5.41) is 3.29. The third-order valence-electron chi connectivity index (χ3n) is 5.53. The number of nitrogens with one attached hydrogen (secondary N) is 1. The first-order valence-electron chi connectivity index (χ1n) is 10.5. The monoisotopic (exact) mass is 413 g/mol. The molecular formula is C27H19N5. The smallest absolute Gasteiger partial charge is 0.0738 e. The summed E-state index contributed by atoms with van der Waals surface area (Å²) >= 11 is 0. The molecule has 1 N–H and O–H groups in total. The second kappa shape index (κ2) is 7.39. The van der Waals surface area contributed by atoms with Gasteiger partial charge in [0.2, 0.25) is 0 Å². The Bertz CT molecular complexity index is 1430. The number of rotatable bonds is 2. The van der Waals surface area contributed by atoms with Gasteiger partial charge in [-0.15, -0.1) is 0 Å². The molecule has 0 spiro atoms. The van der Waals surface area contributed by atoms with Gasteiger partial charge in [0.25, 0.3) is 0 Å². The molecule has 0 saturated heterocycles. The Kier molecular flexibility index (Phi) is 4.25. The zero-order valence-corrected chi connectivity index (χ0v) is 17.4. The van der Waals surface area contributed by atoms with Crippen LogP contribution < -0.4 is 5.32 Å². The molecule has 5 aliphatic heterocycles. The largest absolute Gasteiger partial charge is 0.388 e. The van der Waals surface area contributed by atoms with Crippen LogP contribution in [0.1, 0.15) is 5.56 Å². The Balaban J connectivity index is 1.52. The Morgan fingerprint density at radius 2 is 1.12 bits per heavy atom. The maximum absolute atomic E-state index is 4.92. The van der Waals surface area contributed by atoms with Gasteiger partial charge in [0, 0.05) is 23.9 Å². The highest BCUT2D eigenvalue weighted by atomic mass is 14.9. The van der Waals surface area contributed by atoms with Crippen molar-refractivity contribution in [1.29, 1.82) is 0 Å². The lowest BCUT2D eigenvalue weighted by Crippen LogP contribution is -2.00. The van der Waals surface area contributed by atoms with E-state index in [4.69, 9.17) is 15.0 Å². The van der Waals surface area contributed by atoms with Gasteiger partial charge >= 0.3 is 0 Å². The molecular weight excluding hydrogens is 394 g/mol. The standard InChI is InChI=1S/C27H19N5/c1-28-26-5-3-2-4-24(26)25-15-23-14-21-9-8-19(30-21)12-17-6-7-18(29-17)13-20-10-11-22(31-20)16-27(25)32-23/h2-16,28H,1H3. The average molecular weight is 413 g/mol. The minimum atomic E-state index is 0.862. The van der Waals surface area contributed by atoms with Crippen molar-refractivity contribution in [2.45, 2.75) is 0 Å². The van der Waals surface area contributed by atoms with Crippen molar-refractivity contribution in [2.75, 3.05) is 12.4 Å². The van der Waals surface area contributed by atoms with E-state index in [1.165, 1.54) is 0 Å². The number of fused-ring (bicyclic) bond motifs is 4. The Morgan fingerprint density at radius 3 is 1.75 bits per heavy atom. The molecule has 0 radical (unpaired) electrons. The summed E-state index contributed by atoms with van der Waals surface area (Å²) < 4.78 is 0. The number of para-hydroxylation sites is 1. The molecule has 152 valence electrons. The van der Waals surface area contributed by atoms with E-state index >= 15 is 0 Å². The molecule has 8 bridgehead atoms. The third kappa shape index (κ3) is 3.40. The van der Waals surface area contributed by atoms with Crippen LogP contribution in [-0.4, -0.2) is 29.9 Å². The van der Waals surface area contributed by atoms with Crippen LogP contribution >= 0.6 is 0 Å². The number of anilines is 1. The summed E-state index contributed by atoms with van der Waals surface area (Å²) in [7, 11) is 1.93. The highest BCUT2D eigenvalue weighted by Gasteiger charge is 2.20. The van der Waals surface area contributed by atoms with Crippen molar-refractivity contribution < 1.29 is 0 Å². The Hall–Kier alpha value is -4.38. The van der Waals surface area contributed by atoms with Crippen LogP contribution in [-0.2, 0) is 0 Å². The number of hydrogen-bond acceptors (Lipinski definition) is 5. The first-order valence-corrected chi connectivity index (χ1v) is 10.5. The molecule has 0 aliphatic carbocycles. The predicted molar refractivity (Wildman–Crippen MR) is 133 cm³/mol. The highest BCUT2D eigenvalue weighted by Crippen LogP contribution is 2.32. The van der Waals surface area contributed by atoms with Crippen LogP contribution in [0.5, 0.6) is 0 Å². The van der Waals surface area contributed by atoms with Crippen molar-refractivity contribution >= 4 is 34.1 Å². The molecule has 0 atom stereocenters. The second-order valence-corrected chi connectivity index (χ2v) is 7.74. The lowest BCUT2D eigenvalue weighted by atomic mass is 9.99. The molecule has 1 aromatic carbocycles. The van der Waals surface area contributed by atoms with Gasteiger partial charge in [0.05, 0.1) is 45.6 Å². The zero-order chi connectivity index (χ0) is 21.5. The molecule has 5 heterocycles. The van der Waals surface area contributed by atoms with Gasteiger partial charge in [-0.1, -0.05) is 18.2 Å². The summed E-state index contributed by atoms with van der Waals surface area (Å²) in [6.45, 7) is 0. The molecule has 0 unspecified atom stereocenters. The van der Waals surface area contributed by atoms with E-state index in [2.05, 4.69) is 28.5 Å². The van der Waals surface area contributed by atoms with Crippen LogP contribution in [0, 0.1) is 0 Å². The molecule has 6 rings (SSSR count). The van der Waals surface area contributed by atoms with Crippen LogP contribution in [0.2, 0.25) is 0 Å². The highest BCUT2D eigenvalue weighted by molar-refractivity contribution is 6.33. The van der Waals surface area contributed by atoms with E-state index in [1.54, 1.807) is 0 Å². The Labute approximate surface area is 186 Å². The van der Waals surface area contributed by atoms with Crippen molar-refractivity contribution in [3.05, 3.63) is 119 Å². The van der Waals surface area contributed by atoms with E-state index in [9.17, 15) is 0 Å². The van der Waals surface area contributed by atoms with E-state index in [-0.39, 0.29) is 0 Å². The molecule has 5 aliphatic rings. The first-order chi connectivity index (χ1) is 15.7. The summed E-state index contributed by atoms with van der Waals surface area (Å²) in [4.78, 5) is 19.1. The zero-order valence-electron chi connectivity index (χ0n) is 17.4. The van der Waals surface area contributed by atoms with E-state index in [0.717, 1.165) is 62.5 Å². The molecule has 0 amide bonds. The van der Waals surface area contributed by atoms with Crippen LogP contribution in [0.3, 0.4) is 0 Å². The summed E-state index contributed by atoms with van der Waals surface area (Å²) in [5.41, 5.74) is 10.2. The van der Waals surface area contributed by atoms with Crippen LogP contribution in [0.4, 0.5) is 5.69 Å². The maximum Gasteiger partial charge on any atom is 0.0738 e. The fourth-order valence-corrected chi connectivity index (χ4v) is 4.05. The molecule has 32 heavy (non-hydrogen) atoms. The van der Waals surface area contributed by atoms with Crippen molar-refractivity contribution in [3.8, 4) is 0 Å². The van der Waals surface area contributed by atoms with Gasteiger partial charge in [-0.3, -0.25) is 0 Å². The molecule has 5 heteroatoms. The number of hydrogen-bond donors (Lipinski definition) is 1. The molecule has 5 nitrogen and oxygen atoms in total. The van der Waals surface area contributed by atoms with Gasteiger partial charge in [0.15, 0.2) is 0 Å². The maximum atomic E-state index is 4.92. The third-order valence-corrected chi connectivity index (χ3v) is 5.53. The first kappa shape index (κ1) is 18.4. The number of aliphatic imine (C=N–C) groups is 4. The van der Waals surface area contributed by atoms with Crippen molar-refractivity contribution in [3.63, 3.8) is 0 Å². The van der Waals surface area contributed by atoms with E-state index < -0.39 is 0 Å². The minimum Gasteiger partial charge on any atom is -0.388 e. The van der Waals surface area contributed by atoms with Crippen LogP contribution in [0.15, 0.2) is 134 Å². The van der Waals surface area contributed by atoms with E-state index in [0.29, 0.717) is 0 Å². The molecule has 0 saturated carbocycles. The van der Waals surface area contributed by atoms with Crippen molar-refractivity contribution in [1.82, 2.24) is 0 Å². The summed E-state index contributed by atoms with van der Waals surface area (Å²) in [5.74, 6) is 0. The quantitative estimate of drug-likeness (QED) is 0.716. The fraction of sp³-hybridized carbons (Fsp3) is 0.0370. The molecule has 0 aromatic heterocycles. The minimum absolute atomic E-state index is 0.862. The normalized spacial score (nSPS) is 20.1. The van der Waals surface area contributed by atoms with Gasteiger partial charge in [-0.25, -0.2) is 20.0 Å². The van der Waals surface area contributed by atoms with E-state index in [1.807, 2.05) is 79.9 Å².